The van der Waals surface area contributed by atoms with Gasteiger partial charge in [-0.25, -0.2) is 0 Å². The highest BCUT2D eigenvalue weighted by Crippen LogP contribution is 2.14. The van der Waals surface area contributed by atoms with Crippen LogP contribution in [0, 0.1) is 0 Å². The van der Waals surface area contributed by atoms with Gasteiger partial charge in [0, 0.05) is 5.38 Å². The number of alkyl halides is 1. The third kappa shape index (κ3) is 6.06. The first-order valence-electron chi connectivity index (χ1n) is 6.55. The molecular weight excluding hydrogens is 248 g/mol. The van der Waals surface area contributed by atoms with E-state index in [1.54, 1.807) is 0 Å². The van der Waals surface area contributed by atoms with E-state index in [-0.39, 0.29) is 11.8 Å². The lowest BCUT2D eigenvalue weighted by molar-refractivity contribution is -0.137. The minimum atomic E-state index is -0.841. The average Bonchev–Trinajstić information content (AvgIpc) is 2.30. The van der Waals surface area contributed by atoms with Crippen LogP contribution in [0.2, 0.25) is 0 Å². The van der Waals surface area contributed by atoms with Crippen LogP contribution in [0.3, 0.4) is 0 Å². The van der Waals surface area contributed by atoms with Crippen molar-refractivity contribution in [3.63, 3.8) is 0 Å². The summed E-state index contributed by atoms with van der Waals surface area (Å²) in [5.74, 6) is -0.841. The van der Waals surface area contributed by atoms with Crippen LogP contribution in [-0.2, 0) is 17.6 Å². The van der Waals surface area contributed by atoms with Crippen molar-refractivity contribution < 1.29 is 9.90 Å². The van der Waals surface area contributed by atoms with Gasteiger partial charge in [-0.05, 0) is 30.4 Å². The topological polar surface area (TPSA) is 37.3 Å². The van der Waals surface area contributed by atoms with Crippen LogP contribution in [0.4, 0.5) is 0 Å². The van der Waals surface area contributed by atoms with Gasteiger partial charge < -0.3 is 5.11 Å². The van der Waals surface area contributed by atoms with E-state index in [9.17, 15) is 4.79 Å². The molecule has 0 aliphatic rings. The SMILES string of the molecule is CCCCCc1ccc(CC(Cl)CC(=O)O)cc1. The number of benzene rings is 1. The van der Waals surface area contributed by atoms with E-state index in [1.165, 1.54) is 24.8 Å². The van der Waals surface area contributed by atoms with Crippen molar-refractivity contribution >= 4 is 17.6 Å². The Bertz CT molecular complexity index is 359. The van der Waals surface area contributed by atoms with E-state index in [4.69, 9.17) is 16.7 Å². The molecule has 1 atom stereocenters. The summed E-state index contributed by atoms with van der Waals surface area (Å²) in [6.07, 6.45) is 5.48. The quantitative estimate of drug-likeness (QED) is 0.571. The van der Waals surface area contributed by atoms with Gasteiger partial charge in [-0.2, -0.15) is 0 Å². The monoisotopic (exact) mass is 268 g/mol. The molecule has 0 spiro atoms. The second-order valence-electron chi connectivity index (χ2n) is 4.67. The number of rotatable bonds is 8. The second-order valence-corrected chi connectivity index (χ2v) is 5.29. The molecule has 0 saturated carbocycles. The molecule has 1 aromatic rings. The van der Waals surface area contributed by atoms with E-state index in [1.807, 2.05) is 0 Å². The molecule has 0 fully saturated rings. The Hall–Kier alpha value is -1.02. The molecule has 2 nitrogen and oxygen atoms in total. The van der Waals surface area contributed by atoms with Crippen LogP contribution in [0.15, 0.2) is 24.3 Å². The van der Waals surface area contributed by atoms with Gasteiger partial charge in [0.15, 0.2) is 0 Å². The number of carbonyl (C=O) groups is 1. The summed E-state index contributed by atoms with van der Waals surface area (Å²) < 4.78 is 0. The number of halogens is 1. The largest absolute Gasteiger partial charge is 0.481 e. The lowest BCUT2D eigenvalue weighted by atomic mass is 10.0. The predicted molar refractivity (Wildman–Crippen MR) is 75.3 cm³/mol. The van der Waals surface area contributed by atoms with E-state index in [0.29, 0.717) is 6.42 Å². The Labute approximate surface area is 114 Å². The third-order valence-corrected chi connectivity index (χ3v) is 3.25. The molecule has 0 radical (unpaired) electrons. The molecule has 1 N–H and O–H groups in total. The molecule has 0 bridgehead atoms. The number of hydrogen-bond donors (Lipinski definition) is 1. The maximum Gasteiger partial charge on any atom is 0.304 e. The van der Waals surface area contributed by atoms with Crippen LogP contribution in [0.5, 0.6) is 0 Å². The summed E-state index contributed by atoms with van der Waals surface area (Å²) in [7, 11) is 0. The van der Waals surface area contributed by atoms with Crippen LogP contribution < -0.4 is 0 Å². The molecule has 100 valence electrons. The molecule has 0 aliphatic carbocycles. The highest BCUT2D eigenvalue weighted by molar-refractivity contribution is 6.21. The fourth-order valence-electron chi connectivity index (χ4n) is 1.94. The maximum atomic E-state index is 10.5. The minimum Gasteiger partial charge on any atom is -0.481 e. The Morgan fingerprint density at radius 2 is 1.83 bits per heavy atom. The highest BCUT2D eigenvalue weighted by Gasteiger charge is 2.10. The van der Waals surface area contributed by atoms with Crippen LogP contribution in [0.1, 0.15) is 43.7 Å². The molecule has 1 unspecified atom stereocenters. The van der Waals surface area contributed by atoms with Crippen LogP contribution in [-0.4, -0.2) is 16.5 Å². The third-order valence-electron chi connectivity index (χ3n) is 2.95. The molecule has 0 saturated heterocycles. The number of aliphatic carboxylic acids is 1. The molecular formula is C15H21ClO2. The lowest BCUT2D eigenvalue weighted by Crippen LogP contribution is -2.09. The smallest absolute Gasteiger partial charge is 0.304 e. The summed E-state index contributed by atoms with van der Waals surface area (Å²) >= 11 is 5.97. The normalized spacial score (nSPS) is 12.3. The van der Waals surface area contributed by atoms with Gasteiger partial charge in [0.2, 0.25) is 0 Å². The zero-order chi connectivity index (χ0) is 13.4. The van der Waals surface area contributed by atoms with Gasteiger partial charge in [0.05, 0.1) is 6.42 Å². The van der Waals surface area contributed by atoms with Gasteiger partial charge >= 0.3 is 5.97 Å². The molecule has 0 heterocycles. The number of carboxylic acids is 1. The molecule has 18 heavy (non-hydrogen) atoms. The molecule has 0 aliphatic heterocycles. The first kappa shape index (κ1) is 15.0. The van der Waals surface area contributed by atoms with Gasteiger partial charge in [-0.3, -0.25) is 4.79 Å². The fraction of sp³-hybridized carbons (Fsp3) is 0.533. The molecule has 1 rings (SSSR count). The van der Waals surface area contributed by atoms with E-state index in [2.05, 4.69) is 31.2 Å². The number of aryl methyl sites for hydroxylation is 1. The molecule has 0 amide bonds. The van der Waals surface area contributed by atoms with Crippen molar-refractivity contribution in [1.29, 1.82) is 0 Å². The Morgan fingerprint density at radius 3 is 2.39 bits per heavy atom. The van der Waals surface area contributed by atoms with Crippen LogP contribution >= 0.6 is 11.6 Å². The molecule has 0 aromatic heterocycles. The predicted octanol–water partition coefficient (Wildman–Crippen LogP) is 4.04. The summed E-state index contributed by atoms with van der Waals surface area (Å²) in [4.78, 5) is 10.5. The summed E-state index contributed by atoms with van der Waals surface area (Å²) in [6.45, 7) is 2.20. The van der Waals surface area contributed by atoms with Gasteiger partial charge in [-0.1, -0.05) is 44.0 Å². The van der Waals surface area contributed by atoms with Crippen molar-refractivity contribution in [2.24, 2.45) is 0 Å². The summed E-state index contributed by atoms with van der Waals surface area (Å²) in [6, 6.07) is 8.35. The van der Waals surface area contributed by atoms with E-state index >= 15 is 0 Å². The minimum absolute atomic E-state index is 0.0137. The standard InChI is InChI=1S/C15H21ClO2/c1-2-3-4-5-12-6-8-13(9-7-12)10-14(16)11-15(17)18/h6-9,14H,2-5,10-11H2,1H3,(H,17,18). The van der Waals surface area contributed by atoms with E-state index < -0.39 is 5.97 Å². The lowest BCUT2D eigenvalue weighted by Gasteiger charge is -2.07. The molecule has 3 heteroatoms. The number of carboxylic acid groups (broad SMARTS) is 1. The number of unbranched alkanes of at least 4 members (excludes halogenated alkanes) is 2. The molecule has 1 aromatic carbocycles. The zero-order valence-corrected chi connectivity index (χ0v) is 11.6. The van der Waals surface area contributed by atoms with Crippen molar-refractivity contribution in [1.82, 2.24) is 0 Å². The Morgan fingerprint density at radius 1 is 1.22 bits per heavy atom. The van der Waals surface area contributed by atoms with Crippen molar-refractivity contribution in [3.05, 3.63) is 35.4 Å². The van der Waals surface area contributed by atoms with Crippen molar-refractivity contribution in [3.8, 4) is 0 Å². The van der Waals surface area contributed by atoms with Crippen LogP contribution in [0.25, 0.3) is 0 Å². The second kappa shape index (κ2) is 8.15. The van der Waals surface area contributed by atoms with E-state index in [0.717, 1.165) is 12.0 Å². The van der Waals surface area contributed by atoms with Gasteiger partial charge in [0.25, 0.3) is 0 Å². The average molecular weight is 269 g/mol. The first-order valence-corrected chi connectivity index (χ1v) is 6.99. The zero-order valence-electron chi connectivity index (χ0n) is 10.9. The van der Waals surface area contributed by atoms with Crippen molar-refractivity contribution in [2.45, 2.75) is 50.8 Å². The summed E-state index contributed by atoms with van der Waals surface area (Å²) in [5, 5.41) is 8.32. The Kier molecular flexibility index (Phi) is 6.81. The first-order chi connectivity index (χ1) is 8.61. The fourth-order valence-corrected chi connectivity index (χ4v) is 2.25. The van der Waals surface area contributed by atoms with Crippen molar-refractivity contribution in [2.75, 3.05) is 0 Å². The van der Waals surface area contributed by atoms with Gasteiger partial charge in [0.1, 0.15) is 0 Å². The summed E-state index contributed by atoms with van der Waals surface area (Å²) in [5.41, 5.74) is 2.45. The Balaban J connectivity index is 2.42. The number of hydrogen-bond acceptors (Lipinski definition) is 1. The maximum absolute atomic E-state index is 10.5. The van der Waals surface area contributed by atoms with Gasteiger partial charge in [-0.15, -0.1) is 11.6 Å². The highest BCUT2D eigenvalue weighted by atomic mass is 35.5.